The van der Waals surface area contributed by atoms with E-state index in [1.165, 1.54) is 28.4 Å². The van der Waals surface area contributed by atoms with Crippen molar-refractivity contribution in [1.29, 1.82) is 0 Å². The number of aromatic amines is 1. The van der Waals surface area contributed by atoms with Crippen molar-refractivity contribution in [3.8, 4) is 11.1 Å². The summed E-state index contributed by atoms with van der Waals surface area (Å²) in [6, 6.07) is 15.0. The van der Waals surface area contributed by atoms with Gasteiger partial charge in [0, 0.05) is 12.6 Å². The lowest BCUT2D eigenvalue weighted by Crippen LogP contribution is -2.28. The summed E-state index contributed by atoms with van der Waals surface area (Å²) in [6.45, 7) is 0.171. The van der Waals surface area contributed by atoms with E-state index in [1.54, 1.807) is 43.4 Å². The monoisotopic (exact) mass is 393 g/mol. The van der Waals surface area contributed by atoms with Crippen molar-refractivity contribution in [2.45, 2.75) is 6.54 Å². The molecule has 0 spiro atoms. The molecule has 1 amide bonds. The fraction of sp³-hybridized carbons (Fsp3) is 0.0952. The van der Waals surface area contributed by atoms with E-state index in [9.17, 15) is 14.0 Å². The summed E-state index contributed by atoms with van der Waals surface area (Å²) in [4.78, 5) is 33.5. The summed E-state index contributed by atoms with van der Waals surface area (Å²) in [5, 5.41) is 1.81. The molecule has 0 saturated carbocycles. The number of thiophene rings is 1. The molecule has 140 valence electrons. The lowest BCUT2D eigenvalue weighted by atomic mass is 10.0. The van der Waals surface area contributed by atoms with Gasteiger partial charge in [0.25, 0.3) is 11.5 Å². The maximum Gasteiger partial charge on any atom is 0.268 e. The smallest absolute Gasteiger partial charge is 0.268 e. The van der Waals surface area contributed by atoms with Gasteiger partial charge in [0.2, 0.25) is 0 Å². The second kappa shape index (κ2) is 7.36. The third-order valence-electron chi connectivity index (χ3n) is 4.37. The van der Waals surface area contributed by atoms with E-state index in [-0.39, 0.29) is 23.8 Å². The van der Waals surface area contributed by atoms with Crippen molar-refractivity contribution in [3.63, 3.8) is 0 Å². The Morgan fingerprint density at radius 3 is 2.68 bits per heavy atom. The molecule has 28 heavy (non-hydrogen) atoms. The minimum atomic E-state index is -0.329. The molecule has 4 rings (SSSR count). The van der Waals surface area contributed by atoms with Crippen LogP contribution in [0, 0.1) is 5.82 Å². The first-order chi connectivity index (χ1) is 13.5. The highest BCUT2D eigenvalue weighted by Crippen LogP contribution is 2.22. The first-order valence-corrected chi connectivity index (χ1v) is 9.47. The van der Waals surface area contributed by atoms with Gasteiger partial charge >= 0.3 is 0 Å². The average Bonchev–Trinajstić information content (AvgIpc) is 3.16. The molecule has 7 heteroatoms. The normalized spacial score (nSPS) is 10.9. The van der Waals surface area contributed by atoms with Crippen LogP contribution >= 0.6 is 11.3 Å². The lowest BCUT2D eigenvalue weighted by Gasteiger charge is -2.17. The van der Waals surface area contributed by atoms with Gasteiger partial charge in [-0.3, -0.25) is 9.59 Å². The van der Waals surface area contributed by atoms with Gasteiger partial charge < -0.3 is 9.88 Å². The molecule has 5 nitrogen and oxygen atoms in total. The van der Waals surface area contributed by atoms with Gasteiger partial charge in [-0.2, -0.15) is 0 Å². The van der Waals surface area contributed by atoms with E-state index >= 15 is 0 Å². The van der Waals surface area contributed by atoms with Gasteiger partial charge in [0.1, 0.15) is 16.3 Å². The summed E-state index contributed by atoms with van der Waals surface area (Å²) < 4.78 is 14.1. The van der Waals surface area contributed by atoms with E-state index in [4.69, 9.17) is 0 Å². The molecule has 2 aromatic carbocycles. The molecule has 0 fully saturated rings. The first-order valence-electron chi connectivity index (χ1n) is 8.59. The van der Waals surface area contributed by atoms with E-state index in [1.807, 2.05) is 11.4 Å². The molecule has 1 N–H and O–H groups in total. The average molecular weight is 393 g/mol. The molecule has 0 aliphatic heterocycles. The summed E-state index contributed by atoms with van der Waals surface area (Å²) >= 11 is 1.33. The molecule has 0 saturated heterocycles. The minimum Gasteiger partial charge on any atom is -0.334 e. The summed E-state index contributed by atoms with van der Waals surface area (Å²) in [7, 11) is 1.65. The third-order valence-corrected chi connectivity index (χ3v) is 5.27. The Morgan fingerprint density at radius 1 is 1.14 bits per heavy atom. The van der Waals surface area contributed by atoms with E-state index in [2.05, 4.69) is 9.97 Å². The Balaban J connectivity index is 1.58. The highest BCUT2D eigenvalue weighted by atomic mass is 32.1. The van der Waals surface area contributed by atoms with Gasteiger partial charge in [0.05, 0.1) is 12.1 Å². The number of halogens is 1. The van der Waals surface area contributed by atoms with Gasteiger partial charge in [0.15, 0.2) is 0 Å². The number of carbonyl (C=O) groups excluding carboxylic acids is 1. The second-order valence-corrected chi connectivity index (χ2v) is 7.32. The van der Waals surface area contributed by atoms with Crippen LogP contribution in [-0.2, 0) is 6.54 Å². The molecule has 0 unspecified atom stereocenters. The third kappa shape index (κ3) is 3.57. The fourth-order valence-corrected chi connectivity index (χ4v) is 3.74. The number of hydrogen-bond acceptors (Lipinski definition) is 4. The summed E-state index contributed by atoms with van der Waals surface area (Å²) in [5.41, 5.74) is 2.35. The number of nitrogens with one attached hydrogen (secondary N) is 1. The fourth-order valence-electron chi connectivity index (χ4n) is 3.01. The second-order valence-electron chi connectivity index (χ2n) is 6.40. The Bertz CT molecular complexity index is 1230. The zero-order chi connectivity index (χ0) is 19.7. The van der Waals surface area contributed by atoms with Gasteiger partial charge in [-0.15, -0.1) is 11.3 Å². The van der Waals surface area contributed by atoms with E-state index in [0.717, 1.165) is 5.56 Å². The van der Waals surface area contributed by atoms with Crippen molar-refractivity contribution < 1.29 is 9.18 Å². The number of fused-ring (bicyclic) bond motifs is 1. The van der Waals surface area contributed by atoms with Gasteiger partial charge in [-0.25, -0.2) is 9.37 Å². The highest BCUT2D eigenvalue weighted by Gasteiger charge is 2.15. The lowest BCUT2D eigenvalue weighted by molar-refractivity contribution is 0.0781. The zero-order valence-corrected chi connectivity index (χ0v) is 15.8. The minimum absolute atomic E-state index is 0.171. The summed E-state index contributed by atoms with van der Waals surface area (Å²) in [6.07, 6.45) is 0. The molecule has 0 aliphatic carbocycles. The van der Waals surface area contributed by atoms with Crippen molar-refractivity contribution in [2.75, 3.05) is 7.05 Å². The zero-order valence-electron chi connectivity index (χ0n) is 15.0. The number of amides is 1. The molecule has 4 aromatic rings. The molecule has 0 bridgehead atoms. The van der Waals surface area contributed by atoms with Crippen LogP contribution in [-0.4, -0.2) is 27.8 Å². The topological polar surface area (TPSA) is 66.1 Å². The Morgan fingerprint density at radius 2 is 1.89 bits per heavy atom. The van der Waals surface area contributed by atoms with Crippen molar-refractivity contribution in [2.24, 2.45) is 0 Å². The highest BCUT2D eigenvalue weighted by molar-refractivity contribution is 7.17. The van der Waals surface area contributed by atoms with E-state index in [0.29, 0.717) is 27.2 Å². The van der Waals surface area contributed by atoms with Crippen molar-refractivity contribution in [3.05, 3.63) is 87.5 Å². The number of H-pyrrole nitrogens is 1. The Kier molecular flexibility index (Phi) is 4.75. The quantitative estimate of drug-likeness (QED) is 0.569. The maximum atomic E-state index is 13.5. The Hall–Kier alpha value is -3.32. The van der Waals surface area contributed by atoms with Gasteiger partial charge in [-0.1, -0.05) is 24.3 Å². The molecular weight excluding hydrogens is 377 g/mol. The SMILES string of the molecule is CN(Cc1nc2ccsc2c(=O)[nH]1)C(=O)c1cccc(-c2cccc(F)c2)c1. The molecular formula is C21H16FN3O2S. The number of rotatable bonds is 4. The summed E-state index contributed by atoms with van der Waals surface area (Å²) in [5.74, 6) is -0.121. The molecule has 0 aliphatic rings. The predicted molar refractivity (Wildman–Crippen MR) is 108 cm³/mol. The number of benzene rings is 2. The maximum absolute atomic E-state index is 13.5. The Labute approximate surface area is 164 Å². The predicted octanol–water partition coefficient (Wildman–Crippen LogP) is 4.06. The van der Waals surface area contributed by atoms with Crippen LogP contribution in [0.15, 0.2) is 64.8 Å². The molecule has 2 heterocycles. The van der Waals surface area contributed by atoms with Crippen LogP contribution in [0.1, 0.15) is 16.2 Å². The van der Waals surface area contributed by atoms with E-state index < -0.39 is 0 Å². The largest absolute Gasteiger partial charge is 0.334 e. The standard InChI is InChI=1S/C21H16FN3O2S/c1-25(12-18-23-17-8-9-28-19(17)20(26)24-18)21(27)15-6-2-4-13(10-15)14-5-3-7-16(22)11-14/h2-11H,12H2,1H3,(H,23,24,26). The number of aromatic nitrogens is 2. The molecule has 0 atom stereocenters. The van der Waals surface area contributed by atoms with Crippen molar-refractivity contribution in [1.82, 2.24) is 14.9 Å². The number of nitrogens with zero attached hydrogens (tertiary/aromatic N) is 2. The van der Waals surface area contributed by atoms with Gasteiger partial charge in [-0.05, 0) is 46.8 Å². The van der Waals surface area contributed by atoms with Crippen LogP contribution in [0.3, 0.4) is 0 Å². The first kappa shape index (κ1) is 18.1. The number of carbonyl (C=O) groups is 1. The van der Waals surface area contributed by atoms with Crippen molar-refractivity contribution >= 4 is 27.5 Å². The number of hydrogen-bond donors (Lipinski definition) is 1. The van der Waals surface area contributed by atoms with Crippen LogP contribution in [0.5, 0.6) is 0 Å². The van der Waals surface area contributed by atoms with Crippen LogP contribution < -0.4 is 5.56 Å². The van der Waals surface area contributed by atoms with Crippen LogP contribution in [0.4, 0.5) is 4.39 Å². The van der Waals surface area contributed by atoms with Crippen LogP contribution in [0.25, 0.3) is 21.3 Å². The molecule has 2 aromatic heterocycles. The molecule has 0 radical (unpaired) electrons. The van der Waals surface area contributed by atoms with Crippen LogP contribution in [0.2, 0.25) is 0 Å².